The Morgan fingerprint density at radius 3 is 2.72 bits per heavy atom. The zero-order valence-electron chi connectivity index (χ0n) is 10.8. The van der Waals surface area contributed by atoms with Gasteiger partial charge in [0.15, 0.2) is 0 Å². The number of rotatable bonds is 5. The average Bonchev–Trinajstić information content (AvgIpc) is 2.40. The average molecular weight is 251 g/mol. The topological polar surface area (TPSA) is 35.2 Å². The van der Waals surface area contributed by atoms with E-state index in [1.165, 1.54) is 31.4 Å². The van der Waals surface area contributed by atoms with Crippen LogP contribution in [0.1, 0.15) is 37.7 Å². The Morgan fingerprint density at radius 2 is 2.06 bits per heavy atom. The van der Waals surface area contributed by atoms with Gasteiger partial charge in [0.25, 0.3) is 0 Å². The van der Waals surface area contributed by atoms with Gasteiger partial charge in [-0.05, 0) is 56.2 Å². The van der Waals surface area contributed by atoms with Crippen molar-refractivity contribution < 1.29 is 9.13 Å². The molecule has 1 aromatic carbocycles. The maximum atomic E-state index is 12.8. The summed E-state index contributed by atoms with van der Waals surface area (Å²) in [5.74, 6) is -0.192. The molecule has 0 aliphatic carbocycles. The van der Waals surface area contributed by atoms with E-state index in [0.29, 0.717) is 6.10 Å². The second kappa shape index (κ2) is 6.86. The minimum atomic E-state index is -0.192. The molecular weight excluding hydrogens is 229 g/mol. The number of nitrogens with two attached hydrogens (primary N) is 1. The van der Waals surface area contributed by atoms with Gasteiger partial charge in [-0.2, -0.15) is 0 Å². The first-order valence-corrected chi connectivity index (χ1v) is 6.85. The SMILES string of the molecule is NC(CCC1CCCCO1)Cc1ccc(F)cc1. The first-order valence-electron chi connectivity index (χ1n) is 6.85. The Morgan fingerprint density at radius 1 is 1.28 bits per heavy atom. The van der Waals surface area contributed by atoms with E-state index in [2.05, 4.69) is 0 Å². The van der Waals surface area contributed by atoms with Crippen LogP contribution in [0.2, 0.25) is 0 Å². The smallest absolute Gasteiger partial charge is 0.123 e. The Labute approximate surface area is 108 Å². The molecule has 1 aromatic rings. The van der Waals surface area contributed by atoms with Gasteiger partial charge in [-0.25, -0.2) is 4.39 Å². The largest absolute Gasteiger partial charge is 0.378 e. The summed E-state index contributed by atoms with van der Waals surface area (Å²) in [5.41, 5.74) is 7.22. The van der Waals surface area contributed by atoms with Crippen molar-refractivity contribution in [3.63, 3.8) is 0 Å². The zero-order chi connectivity index (χ0) is 12.8. The Bertz CT molecular complexity index is 346. The molecule has 0 spiro atoms. The Hall–Kier alpha value is -0.930. The van der Waals surface area contributed by atoms with Crippen molar-refractivity contribution in [3.05, 3.63) is 35.6 Å². The summed E-state index contributed by atoms with van der Waals surface area (Å²) >= 11 is 0. The van der Waals surface area contributed by atoms with Crippen LogP contribution in [-0.4, -0.2) is 18.8 Å². The van der Waals surface area contributed by atoms with E-state index in [-0.39, 0.29) is 11.9 Å². The molecule has 2 N–H and O–H groups in total. The maximum Gasteiger partial charge on any atom is 0.123 e. The van der Waals surface area contributed by atoms with Crippen molar-refractivity contribution in [2.24, 2.45) is 5.73 Å². The number of benzene rings is 1. The fourth-order valence-corrected chi connectivity index (χ4v) is 2.46. The van der Waals surface area contributed by atoms with Crippen LogP contribution in [0.25, 0.3) is 0 Å². The fourth-order valence-electron chi connectivity index (χ4n) is 2.46. The van der Waals surface area contributed by atoms with Gasteiger partial charge < -0.3 is 10.5 Å². The number of hydrogen-bond donors (Lipinski definition) is 1. The normalized spacial score (nSPS) is 21.8. The molecule has 100 valence electrons. The lowest BCUT2D eigenvalue weighted by Crippen LogP contribution is -2.27. The Balaban J connectivity index is 1.71. The molecule has 1 heterocycles. The van der Waals surface area contributed by atoms with Crippen LogP contribution < -0.4 is 5.73 Å². The second-order valence-electron chi connectivity index (χ2n) is 5.16. The maximum absolute atomic E-state index is 12.8. The van der Waals surface area contributed by atoms with Crippen molar-refractivity contribution in [3.8, 4) is 0 Å². The first-order chi connectivity index (χ1) is 8.74. The lowest BCUT2D eigenvalue weighted by molar-refractivity contribution is 0.00915. The van der Waals surface area contributed by atoms with Gasteiger partial charge in [0.1, 0.15) is 5.82 Å². The van der Waals surface area contributed by atoms with Crippen LogP contribution >= 0.6 is 0 Å². The van der Waals surface area contributed by atoms with E-state index in [1.807, 2.05) is 12.1 Å². The number of ether oxygens (including phenoxy) is 1. The zero-order valence-corrected chi connectivity index (χ0v) is 10.8. The van der Waals surface area contributed by atoms with E-state index in [4.69, 9.17) is 10.5 Å². The molecule has 2 atom stereocenters. The highest BCUT2D eigenvalue weighted by Crippen LogP contribution is 2.18. The van der Waals surface area contributed by atoms with Crippen LogP contribution in [0.15, 0.2) is 24.3 Å². The summed E-state index contributed by atoms with van der Waals surface area (Å²) in [7, 11) is 0. The molecule has 1 saturated heterocycles. The molecule has 0 aromatic heterocycles. The molecule has 2 nitrogen and oxygen atoms in total. The van der Waals surface area contributed by atoms with Gasteiger partial charge in [-0.15, -0.1) is 0 Å². The number of hydrogen-bond acceptors (Lipinski definition) is 2. The van der Waals surface area contributed by atoms with Crippen LogP contribution in [0.5, 0.6) is 0 Å². The summed E-state index contributed by atoms with van der Waals surface area (Å²) in [6.45, 7) is 0.901. The minimum Gasteiger partial charge on any atom is -0.378 e. The van der Waals surface area contributed by atoms with E-state index in [9.17, 15) is 4.39 Å². The minimum absolute atomic E-state index is 0.140. The van der Waals surface area contributed by atoms with E-state index < -0.39 is 0 Å². The summed E-state index contributed by atoms with van der Waals surface area (Å²) < 4.78 is 18.5. The highest BCUT2D eigenvalue weighted by atomic mass is 19.1. The van der Waals surface area contributed by atoms with Gasteiger partial charge in [0.05, 0.1) is 6.10 Å². The lowest BCUT2D eigenvalue weighted by Gasteiger charge is -2.23. The standard InChI is InChI=1S/C15H22FNO/c16-13-6-4-12(5-7-13)11-14(17)8-9-15-3-1-2-10-18-15/h4-7,14-15H,1-3,8-11,17H2. The molecule has 0 bridgehead atoms. The van der Waals surface area contributed by atoms with Crippen molar-refractivity contribution in [1.29, 1.82) is 0 Å². The molecule has 0 radical (unpaired) electrons. The summed E-state index contributed by atoms with van der Waals surface area (Å²) in [5, 5.41) is 0. The van der Waals surface area contributed by atoms with E-state index in [0.717, 1.165) is 31.4 Å². The van der Waals surface area contributed by atoms with Crippen LogP contribution in [0.3, 0.4) is 0 Å². The Kier molecular flexibility index (Phi) is 5.14. The molecule has 1 fully saturated rings. The van der Waals surface area contributed by atoms with Gasteiger partial charge in [0, 0.05) is 12.6 Å². The first kappa shape index (κ1) is 13.5. The van der Waals surface area contributed by atoms with E-state index >= 15 is 0 Å². The van der Waals surface area contributed by atoms with Crippen molar-refractivity contribution >= 4 is 0 Å². The molecule has 1 aliphatic rings. The molecular formula is C15H22FNO. The van der Waals surface area contributed by atoms with Crippen molar-refractivity contribution in [2.45, 2.75) is 50.7 Å². The van der Waals surface area contributed by atoms with Gasteiger partial charge in [-0.1, -0.05) is 12.1 Å². The predicted octanol–water partition coefficient (Wildman–Crippen LogP) is 3.04. The third kappa shape index (κ3) is 4.39. The molecule has 2 unspecified atom stereocenters. The molecule has 0 saturated carbocycles. The quantitative estimate of drug-likeness (QED) is 0.873. The van der Waals surface area contributed by atoms with Gasteiger partial charge in [-0.3, -0.25) is 0 Å². The monoisotopic (exact) mass is 251 g/mol. The molecule has 0 amide bonds. The fraction of sp³-hybridized carbons (Fsp3) is 0.600. The molecule has 18 heavy (non-hydrogen) atoms. The van der Waals surface area contributed by atoms with Crippen LogP contribution in [0, 0.1) is 5.82 Å². The van der Waals surface area contributed by atoms with Crippen molar-refractivity contribution in [1.82, 2.24) is 0 Å². The summed E-state index contributed by atoms with van der Waals surface area (Å²) in [6.07, 6.45) is 6.87. The van der Waals surface area contributed by atoms with Crippen LogP contribution in [0.4, 0.5) is 4.39 Å². The summed E-state index contributed by atoms with van der Waals surface area (Å²) in [6, 6.07) is 6.75. The second-order valence-corrected chi connectivity index (χ2v) is 5.16. The number of halogens is 1. The molecule has 3 heteroatoms. The lowest BCUT2D eigenvalue weighted by atomic mass is 9.98. The van der Waals surface area contributed by atoms with Crippen LogP contribution in [-0.2, 0) is 11.2 Å². The third-order valence-corrected chi connectivity index (χ3v) is 3.54. The van der Waals surface area contributed by atoms with E-state index in [1.54, 1.807) is 0 Å². The molecule has 1 aliphatic heterocycles. The van der Waals surface area contributed by atoms with Gasteiger partial charge >= 0.3 is 0 Å². The van der Waals surface area contributed by atoms with Crippen molar-refractivity contribution in [2.75, 3.05) is 6.61 Å². The third-order valence-electron chi connectivity index (χ3n) is 3.54. The highest BCUT2D eigenvalue weighted by Gasteiger charge is 2.15. The molecule has 2 rings (SSSR count). The summed E-state index contributed by atoms with van der Waals surface area (Å²) in [4.78, 5) is 0. The highest BCUT2D eigenvalue weighted by molar-refractivity contribution is 5.17. The predicted molar refractivity (Wildman–Crippen MR) is 70.9 cm³/mol. The van der Waals surface area contributed by atoms with Gasteiger partial charge in [0.2, 0.25) is 0 Å².